The number of carbonyl (C=O) groups is 1. The third-order valence-corrected chi connectivity index (χ3v) is 3.13. The van der Waals surface area contributed by atoms with Gasteiger partial charge in [0, 0.05) is 6.07 Å². The number of carbonyl (C=O) groups excluding carboxylic acids is 1. The summed E-state index contributed by atoms with van der Waals surface area (Å²) in [4.78, 5) is 11.1. The first-order valence-electron chi connectivity index (χ1n) is 5.29. The highest BCUT2D eigenvalue weighted by Crippen LogP contribution is 2.34. The Morgan fingerprint density at radius 2 is 2.18 bits per heavy atom. The van der Waals surface area contributed by atoms with Gasteiger partial charge in [-0.25, -0.2) is 4.39 Å². The predicted octanol–water partition coefficient (Wildman–Crippen LogP) is 2.81. The van der Waals surface area contributed by atoms with Crippen molar-refractivity contribution in [1.29, 1.82) is 0 Å². The van der Waals surface area contributed by atoms with Crippen LogP contribution in [0.3, 0.4) is 0 Å². The lowest BCUT2D eigenvalue weighted by molar-refractivity contribution is -0.151. The summed E-state index contributed by atoms with van der Waals surface area (Å²) in [6.07, 6.45) is 1.07. The Balaban J connectivity index is 1.91. The molecule has 1 saturated carbocycles. The molecule has 0 atom stereocenters. The minimum absolute atomic E-state index is 0.0987. The first kappa shape index (κ1) is 12.2. The van der Waals surface area contributed by atoms with E-state index in [0.717, 1.165) is 0 Å². The highest BCUT2D eigenvalue weighted by molar-refractivity contribution is 6.32. The molecule has 0 saturated heterocycles. The summed E-state index contributed by atoms with van der Waals surface area (Å²) >= 11 is 5.86. The Hall–Kier alpha value is -1.29. The first-order chi connectivity index (χ1) is 8.10. The van der Waals surface area contributed by atoms with Crippen LogP contribution in [-0.2, 0) is 9.53 Å². The number of hydrogen-bond acceptors (Lipinski definition) is 3. The van der Waals surface area contributed by atoms with Crippen LogP contribution < -0.4 is 4.74 Å². The molecule has 0 unspecified atom stereocenters. The molecular formula is C12H12ClFO3. The van der Waals surface area contributed by atoms with Crippen LogP contribution in [0.4, 0.5) is 4.39 Å². The summed E-state index contributed by atoms with van der Waals surface area (Å²) in [6, 6.07) is 3.96. The van der Waals surface area contributed by atoms with Crippen molar-refractivity contribution in [3.63, 3.8) is 0 Å². The molecule has 0 aromatic heterocycles. The van der Waals surface area contributed by atoms with Gasteiger partial charge in [-0.3, -0.25) is 4.79 Å². The van der Waals surface area contributed by atoms with E-state index in [-0.39, 0.29) is 18.0 Å². The number of halogens is 2. The van der Waals surface area contributed by atoms with Crippen LogP contribution >= 0.6 is 11.6 Å². The van der Waals surface area contributed by atoms with Crippen LogP contribution in [-0.4, -0.2) is 19.2 Å². The zero-order valence-corrected chi connectivity index (χ0v) is 10.0. The van der Waals surface area contributed by atoms with Crippen LogP contribution in [0.5, 0.6) is 5.75 Å². The van der Waals surface area contributed by atoms with E-state index in [4.69, 9.17) is 16.3 Å². The SMILES string of the molecule is COC(=O)[C@H]1C[C@H](Oc2cc(F)ccc2Cl)C1. The van der Waals surface area contributed by atoms with Crippen LogP contribution in [0, 0.1) is 11.7 Å². The normalized spacial score (nSPS) is 22.8. The molecule has 0 radical (unpaired) electrons. The molecule has 92 valence electrons. The molecule has 17 heavy (non-hydrogen) atoms. The maximum absolute atomic E-state index is 13.0. The molecular weight excluding hydrogens is 247 g/mol. The Morgan fingerprint density at radius 1 is 1.47 bits per heavy atom. The number of ether oxygens (including phenoxy) is 2. The van der Waals surface area contributed by atoms with Crippen LogP contribution in [0.25, 0.3) is 0 Å². The van der Waals surface area contributed by atoms with Crippen molar-refractivity contribution in [2.24, 2.45) is 5.92 Å². The fraction of sp³-hybridized carbons (Fsp3) is 0.417. The molecule has 1 aromatic carbocycles. The Bertz CT molecular complexity index is 430. The third-order valence-electron chi connectivity index (χ3n) is 2.82. The molecule has 0 bridgehead atoms. The second-order valence-corrected chi connectivity index (χ2v) is 4.41. The molecule has 1 aromatic rings. The molecule has 0 heterocycles. The van der Waals surface area contributed by atoms with Gasteiger partial charge in [0.1, 0.15) is 17.7 Å². The van der Waals surface area contributed by atoms with E-state index in [9.17, 15) is 9.18 Å². The molecule has 2 rings (SSSR count). The van der Waals surface area contributed by atoms with Crippen molar-refractivity contribution < 1.29 is 18.7 Å². The number of rotatable bonds is 3. The van der Waals surface area contributed by atoms with Crippen molar-refractivity contribution in [3.8, 4) is 5.75 Å². The van der Waals surface area contributed by atoms with Crippen molar-refractivity contribution in [3.05, 3.63) is 29.0 Å². The zero-order valence-electron chi connectivity index (χ0n) is 9.28. The van der Waals surface area contributed by atoms with Crippen molar-refractivity contribution in [2.45, 2.75) is 18.9 Å². The van der Waals surface area contributed by atoms with E-state index in [1.54, 1.807) is 0 Å². The molecule has 1 aliphatic rings. The van der Waals surface area contributed by atoms with E-state index in [0.29, 0.717) is 23.6 Å². The van der Waals surface area contributed by atoms with E-state index >= 15 is 0 Å². The van der Waals surface area contributed by atoms with Gasteiger partial charge in [0.05, 0.1) is 18.1 Å². The van der Waals surface area contributed by atoms with Gasteiger partial charge in [-0.1, -0.05) is 11.6 Å². The molecule has 0 aliphatic heterocycles. The monoisotopic (exact) mass is 258 g/mol. The number of hydrogen-bond donors (Lipinski definition) is 0. The Kier molecular flexibility index (Phi) is 3.52. The molecule has 0 spiro atoms. The standard InChI is InChI=1S/C12H12ClFO3/c1-16-12(15)7-4-9(5-7)17-11-6-8(14)2-3-10(11)13/h2-3,6-7,9H,4-5H2,1H3/t7-,9-. The fourth-order valence-electron chi connectivity index (χ4n) is 1.77. The van der Waals surface area contributed by atoms with E-state index in [1.807, 2.05) is 0 Å². The second kappa shape index (κ2) is 4.92. The largest absolute Gasteiger partial charge is 0.489 e. The van der Waals surface area contributed by atoms with E-state index in [1.165, 1.54) is 25.3 Å². The molecule has 1 aliphatic carbocycles. The summed E-state index contributed by atoms with van der Waals surface area (Å²) in [5.41, 5.74) is 0. The molecule has 5 heteroatoms. The number of benzene rings is 1. The lowest BCUT2D eigenvalue weighted by Gasteiger charge is -2.33. The first-order valence-corrected chi connectivity index (χ1v) is 5.67. The highest BCUT2D eigenvalue weighted by Gasteiger charge is 2.37. The van der Waals surface area contributed by atoms with Crippen molar-refractivity contribution in [2.75, 3.05) is 7.11 Å². The summed E-state index contributed by atoms with van der Waals surface area (Å²) in [6.45, 7) is 0. The van der Waals surface area contributed by atoms with Crippen LogP contribution in [0.2, 0.25) is 5.02 Å². The summed E-state index contributed by atoms with van der Waals surface area (Å²) < 4.78 is 23.1. The van der Waals surface area contributed by atoms with Gasteiger partial charge in [-0.15, -0.1) is 0 Å². The minimum atomic E-state index is -0.395. The van der Waals surface area contributed by atoms with Gasteiger partial charge in [0.25, 0.3) is 0 Å². The van der Waals surface area contributed by atoms with E-state index in [2.05, 4.69) is 4.74 Å². The van der Waals surface area contributed by atoms with Gasteiger partial charge in [0.2, 0.25) is 0 Å². The minimum Gasteiger partial charge on any atom is -0.489 e. The number of methoxy groups -OCH3 is 1. The maximum atomic E-state index is 13.0. The Labute approximate surface area is 103 Å². The summed E-state index contributed by atoms with van der Waals surface area (Å²) in [5.74, 6) is -0.416. The fourth-order valence-corrected chi connectivity index (χ4v) is 1.93. The predicted molar refractivity (Wildman–Crippen MR) is 60.6 cm³/mol. The van der Waals surface area contributed by atoms with Crippen LogP contribution in [0.15, 0.2) is 18.2 Å². The molecule has 0 N–H and O–H groups in total. The molecule has 1 fully saturated rings. The van der Waals surface area contributed by atoms with Gasteiger partial charge in [-0.05, 0) is 25.0 Å². The highest BCUT2D eigenvalue weighted by atomic mass is 35.5. The molecule has 0 amide bonds. The van der Waals surface area contributed by atoms with Gasteiger partial charge < -0.3 is 9.47 Å². The lowest BCUT2D eigenvalue weighted by Crippen LogP contribution is -2.38. The number of esters is 1. The summed E-state index contributed by atoms with van der Waals surface area (Å²) in [7, 11) is 1.36. The average molecular weight is 259 g/mol. The van der Waals surface area contributed by atoms with Crippen molar-refractivity contribution >= 4 is 17.6 Å². The van der Waals surface area contributed by atoms with Gasteiger partial charge >= 0.3 is 5.97 Å². The zero-order chi connectivity index (χ0) is 12.4. The van der Waals surface area contributed by atoms with E-state index < -0.39 is 5.82 Å². The van der Waals surface area contributed by atoms with Crippen LogP contribution in [0.1, 0.15) is 12.8 Å². The quantitative estimate of drug-likeness (QED) is 0.782. The Morgan fingerprint density at radius 3 is 2.82 bits per heavy atom. The topological polar surface area (TPSA) is 35.5 Å². The van der Waals surface area contributed by atoms with Gasteiger partial charge in [-0.2, -0.15) is 0 Å². The molecule has 3 nitrogen and oxygen atoms in total. The summed E-state index contributed by atoms with van der Waals surface area (Å²) in [5, 5.41) is 0.368. The average Bonchev–Trinajstić information content (AvgIpc) is 2.26. The lowest BCUT2D eigenvalue weighted by atomic mass is 9.82. The maximum Gasteiger partial charge on any atom is 0.308 e. The second-order valence-electron chi connectivity index (χ2n) is 4.01. The van der Waals surface area contributed by atoms with Crippen molar-refractivity contribution in [1.82, 2.24) is 0 Å². The smallest absolute Gasteiger partial charge is 0.308 e. The third kappa shape index (κ3) is 2.69. The van der Waals surface area contributed by atoms with Gasteiger partial charge in [0.15, 0.2) is 0 Å².